The van der Waals surface area contributed by atoms with Gasteiger partial charge < -0.3 is 9.88 Å². The zero-order valence-corrected chi connectivity index (χ0v) is 11.9. The minimum atomic E-state index is -0.406. The topological polar surface area (TPSA) is 53.6 Å². The normalized spacial score (nSPS) is 21.5. The molecule has 1 aromatic heterocycles. The van der Waals surface area contributed by atoms with Crippen molar-refractivity contribution in [2.45, 2.75) is 57.5 Å². The summed E-state index contributed by atoms with van der Waals surface area (Å²) in [6.07, 6.45) is 7.06. The number of nitrogens with one attached hydrogen (secondary N) is 1. The molecule has 19 heavy (non-hydrogen) atoms. The zero-order valence-electron chi connectivity index (χ0n) is 11.9. The minimum Gasteiger partial charge on any atom is -0.329 e. The van der Waals surface area contributed by atoms with Crippen molar-refractivity contribution in [3.05, 3.63) is 17.2 Å². The highest BCUT2D eigenvalue weighted by Gasteiger charge is 2.45. The number of hydrogen-bond donors (Lipinski definition) is 1. The second-order valence-corrected chi connectivity index (χ2v) is 5.95. The molecule has 0 aromatic carbocycles. The van der Waals surface area contributed by atoms with Crippen molar-refractivity contribution in [1.82, 2.24) is 14.9 Å². The van der Waals surface area contributed by atoms with Gasteiger partial charge in [0.25, 0.3) is 0 Å². The largest absolute Gasteiger partial charge is 0.329 e. The first-order valence-electron chi connectivity index (χ1n) is 7.35. The molecule has 0 radical (unpaired) electrons. The van der Waals surface area contributed by atoms with E-state index >= 15 is 0 Å². The average Bonchev–Trinajstić information content (AvgIpc) is 3.23. The fourth-order valence-corrected chi connectivity index (χ4v) is 3.37. The summed E-state index contributed by atoms with van der Waals surface area (Å²) in [5.74, 6) is 1.57. The van der Waals surface area contributed by atoms with E-state index in [2.05, 4.69) is 22.9 Å². The van der Waals surface area contributed by atoms with Crippen LogP contribution in [0.15, 0.2) is 0 Å². The molecule has 102 valence electrons. The lowest BCUT2D eigenvalue weighted by Gasteiger charge is -2.28. The van der Waals surface area contributed by atoms with Gasteiger partial charge in [-0.25, -0.2) is 4.98 Å². The summed E-state index contributed by atoms with van der Waals surface area (Å²) in [4.78, 5) is 4.71. The molecule has 4 heteroatoms. The maximum atomic E-state index is 9.63. The quantitative estimate of drug-likeness (QED) is 0.898. The van der Waals surface area contributed by atoms with Gasteiger partial charge in [0.2, 0.25) is 0 Å². The Morgan fingerprint density at radius 3 is 2.79 bits per heavy atom. The van der Waals surface area contributed by atoms with Crippen molar-refractivity contribution in [2.75, 3.05) is 7.05 Å². The SMILES string of the molecule is CNC(C#N)(Cn1c(C)nc2c1CCCC2)C1CC1. The molecule has 1 saturated carbocycles. The van der Waals surface area contributed by atoms with Gasteiger partial charge in [0.15, 0.2) is 0 Å². The Bertz CT molecular complexity index is 521. The van der Waals surface area contributed by atoms with Crippen molar-refractivity contribution in [1.29, 1.82) is 5.26 Å². The molecule has 0 spiro atoms. The van der Waals surface area contributed by atoms with Crippen LogP contribution in [0.1, 0.15) is 42.9 Å². The third-order valence-electron chi connectivity index (χ3n) is 4.75. The molecule has 0 saturated heterocycles. The van der Waals surface area contributed by atoms with E-state index in [1.807, 2.05) is 7.05 Å². The molecule has 3 rings (SSSR count). The van der Waals surface area contributed by atoms with Crippen molar-refractivity contribution in [2.24, 2.45) is 5.92 Å². The number of rotatable bonds is 4. The van der Waals surface area contributed by atoms with E-state index in [4.69, 9.17) is 4.98 Å². The molecule has 1 atom stereocenters. The van der Waals surface area contributed by atoms with Crippen molar-refractivity contribution in [3.8, 4) is 6.07 Å². The Labute approximate surface area is 114 Å². The van der Waals surface area contributed by atoms with Crippen LogP contribution in [0, 0.1) is 24.2 Å². The molecule has 1 fully saturated rings. The summed E-state index contributed by atoms with van der Waals surface area (Å²) in [7, 11) is 1.92. The van der Waals surface area contributed by atoms with Crippen LogP contribution in [0.4, 0.5) is 0 Å². The second kappa shape index (κ2) is 4.64. The van der Waals surface area contributed by atoms with E-state index in [-0.39, 0.29) is 0 Å². The van der Waals surface area contributed by atoms with Crippen LogP contribution in [0.3, 0.4) is 0 Å². The Morgan fingerprint density at radius 2 is 2.16 bits per heavy atom. The molecule has 1 N–H and O–H groups in total. The van der Waals surface area contributed by atoms with Crippen LogP contribution in [0.2, 0.25) is 0 Å². The highest BCUT2D eigenvalue weighted by atomic mass is 15.1. The first-order valence-corrected chi connectivity index (χ1v) is 7.35. The molecule has 4 nitrogen and oxygen atoms in total. The maximum absolute atomic E-state index is 9.63. The zero-order chi connectivity index (χ0) is 13.5. The molecule has 1 heterocycles. The molecule has 0 bridgehead atoms. The third-order valence-corrected chi connectivity index (χ3v) is 4.75. The van der Waals surface area contributed by atoms with Crippen LogP contribution >= 0.6 is 0 Å². The summed E-state index contributed by atoms with van der Waals surface area (Å²) in [6.45, 7) is 2.82. The number of hydrogen-bond acceptors (Lipinski definition) is 3. The Kier molecular flexibility index (Phi) is 3.10. The third kappa shape index (κ3) is 2.06. The number of nitrogens with zero attached hydrogens (tertiary/aromatic N) is 3. The molecular weight excluding hydrogens is 236 g/mol. The molecule has 2 aliphatic rings. The highest BCUT2D eigenvalue weighted by molar-refractivity contribution is 5.23. The minimum absolute atomic E-state index is 0.406. The van der Waals surface area contributed by atoms with E-state index in [9.17, 15) is 5.26 Å². The Morgan fingerprint density at radius 1 is 1.42 bits per heavy atom. The van der Waals surface area contributed by atoms with Gasteiger partial charge in [-0.1, -0.05) is 0 Å². The second-order valence-electron chi connectivity index (χ2n) is 5.95. The van der Waals surface area contributed by atoms with Gasteiger partial charge in [-0.3, -0.25) is 0 Å². The summed E-state index contributed by atoms with van der Waals surface area (Å²) < 4.78 is 2.30. The van der Waals surface area contributed by atoms with Gasteiger partial charge in [0.05, 0.1) is 18.3 Å². The fraction of sp³-hybridized carbons (Fsp3) is 0.733. The number of aryl methyl sites for hydroxylation is 2. The number of aromatic nitrogens is 2. The maximum Gasteiger partial charge on any atom is 0.127 e. The van der Waals surface area contributed by atoms with Crippen molar-refractivity contribution >= 4 is 0 Å². The van der Waals surface area contributed by atoms with Gasteiger partial charge in [-0.05, 0) is 58.4 Å². The molecule has 0 aliphatic heterocycles. The van der Waals surface area contributed by atoms with E-state index < -0.39 is 5.54 Å². The van der Waals surface area contributed by atoms with E-state index in [1.165, 1.54) is 37.1 Å². The summed E-state index contributed by atoms with van der Waals surface area (Å²) in [5, 5.41) is 12.9. The average molecular weight is 258 g/mol. The van der Waals surface area contributed by atoms with Crippen molar-refractivity contribution < 1.29 is 0 Å². The van der Waals surface area contributed by atoms with Crippen LogP contribution in [-0.4, -0.2) is 22.1 Å². The molecule has 1 aromatic rings. The lowest BCUT2D eigenvalue weighted by atomic mass is 9.94. The first kappa shape index (κ1) is 12.7. The first-order chi connectivity index (χ1) is 9.20. The Balaban J connectivity index is 1.94. The van der Waals surface area contributed by atoms with Crippen LogP contribution in [0.5, 0.6) is 0 Å². The number of nitriles is 1. The van der Waals surface area contributed by atoms with Crippen LogP contribution < -0.4 is 5.32 Å². The van der Waals surface area contributed by atoms with E-state index in [0.29, 0.717) is 5.92 Å². The van der Waals surface area contributed by atoms with E-state index in [0.717, 1.165) is 25.2 Å². The van der Waals surface area contributed by atoms with Gasteiger partial charge in [-0.15, -0.1) is 0 Å². The number of likely N-dealkylation sites (N-methyl/N-ethyl adjacent to an activating group) is 1. The lowest BCUT2D eigenvalue weighted by molar-refractivity contribution is 0.332. The van der Waals surface area contributed by atoms with Gasteiger partial charge in [0, 0.05) is 5.69 Å². The summed E-state index contributed by atoms with van der Waals surface area (Å²) in [5.41, 5.74) is 2.23. The predicted octanol–water partition coefficient (Wildman–Crippen LogP) is 1.96. The summed E-state index contributed by atoms with van der Waals surface area (Å²) in [6, 6.07) is 2.54. The Hall–Kier alpha value is -1.34. The molecule has 1 unspecified atom stereocenters. The lowest BCUT2D eigenvalue weighted by Crippen LogP contribution is -2.48. The summed E-state index contributed by atoms with van der Waals surface area (Å²) >= 11 is 0. The van der Waals surface area contributed by atoms with Crippen LogP contribution in [-0.2, 0) is 19.4 Å². The smallest absolute Gasteiger partial charge is 0.127 e. The standard InChI is InChI=1S/C15H22N4/c1-11-18-13-5-3-4-6-14(13)19(11)10-15(9-16,17-2)12-7-8-12/h12,17H,3-8,10H2,1-2H3. The predicted molar refractivity (Wildman–Crippen MR) is 73.7 cm³/mol. The van der Waals surface area contributed by atoms with Gasteiger partial charge in [0.1, 0.15) is 11.4 Å². The van der Waals surface area contributed by atoms with Crippen molar-refractivity contribution in [3.63, 3.8) is 0 Å². The molecular formula is C15H22N4. The monoisotopic (exact) mass is 258 g/mol. The van der Waals surface area contributed by atoms with E-state index in [1.54, 1.807) is 0 Å². The molecule has 0 amide bonds. The highest BCUT2D eigenvalue weighted by Crippen LogP contribution is 2.40. The number of fused-ring (bicyclic) bond motifs is 1. The fourth-order valence-electron chi connectivity index (χ4n) is 3.37. The molecule has 2 aliphatic carbocycles. The number of imidazole rings is 1. The van der Waals surface area contributed by atoms with Gasteiger partial charge in [-0.2, -0.15) is 5.26 Å². The van der Waals surface area contributed by atoms with Gasteiger partial charge >= 0.3 is 0 Å². The van der Waals surface area contributed by atoms with Crippen LogP contribution in [0.25, 0.3) is 0 Å².